The first kappa shape index (κ1) is 13.4. The Kier molecular flexibility index (Phi) is 3.32. The summed E-state index contributed by atoms with van der Waals surface area (Å²) in [7, 11) is 2.23. The summed E-state index contributed by atoms with van der Waals surface area (Å²) >= 11 is 0. The van der Waals surface area contributed by atoms with Crippen LogP contribution in [0.3, 0.4) is 0 Å². The second kappa shape index (κ2) is 5.47. The van der Waals surface area contributed by atoms with E-state index in [1.807, 2.05) is 0 Å². The van der Waals surface area contributed by atoms with Gasteiger partial charge in [-0.25, -0.2) is 0 Å². The van der Waals surface area contributed by atoms with Crippen molar-refractivity contribution < 1.29 is 0 Å². The molecule has 4 rings (SSSR count). The van der Waals surface area contributed by atoms with E-state index in [0.717, 1.165) is 13.0 Å². The molecule has 3 aromatic rings. The highest BCUT2D eigenvalue weighted by Crippen LogP contribution is 2.33. The van der Waals surface area contributed by atoms with Gasteiger partial charge in [-0.2, -0.15) is 0 Å². The van der Waals surface area contributed by atoms with Crippen LogP contribution >= 0.6 is 0 Å². The van der Waals surface area contributed by atoms with Crippen molar-refractivity contribution in [2.24, 2.45) is 0 Å². The lowest BCUT2D eigenvalue weighted by molar-refractivity contribution is 0.234. The summed E-state index contributed by atoms with van der Waals surface area (Å²) in [5.41, 5.74) is 5.46. The van der Waals surface area contributed by atoms with Crippen LogP contribution in [0.4, 0.5) is 0 Å². The number of nitrogens with zero attached hydrogens (tertiary/aromatic N) is 2. The van der Waals surface area contributed by atoms with Gasteiger partial charge in [0.1, 0.15) is 0 Å². The number of benzene rings is 2. The summed E-state index contributed by atoms with van der Waals surface area (Å²) in [5, 5.41) is 0. The summed E-state index contributed by atoms with van der Waals surface area (Å²) in [6.45, 7) is 0.982. The molecule has 0 aliphatic carbocycles. The fraction of sp³-hybridized carbons (Fsp3) is 0.200. The first-order valence-electron chi connectivity index (χ1n) is 7.82. The Hall–Kier alpha value is -2.32. The lowest BCUT2D eigenvalue weighted by atomic mass is 10.0. The van der Waals surface area contributed by atoms with Gasteiger partial charge in [-0.05, 0) is 42.8 Å². The molecule has 0 saturated heterocycles. The van der Waals surface area contributed by atoms with Crippen molar-refractivity contribution in [2.75, 3.05) is 7.05 Å². The Bertz CT molecular complexity index is 773. The molecule has 0 radical (unpaired) electrons. The molecule has 0 fully saturated rings. The van der Waals surface area contributed by atoms with Crippen LogP contribution in [0.2, 0.25) is 0 Å². The highest BCUT2D eigenvalue weighted by atomic mass is 15.2. The van der Waals surface area contributed by atoms with E-state index in [2.05, 4.69) is 89.4 Å². The van der Waals surface area contributed by atoms with E-state index < -0.39 is 0 Å². The topological polar surface area (TPSA) is 8.17 Å². The maximum Gasteiger partial charge on any atom is 0.0544 e. The number of aromatic nitrogens is 1. The number of rotatable bonds is 2. The van der Waals surface area contributed by atoms with Crippen molar-refractivity contribution in [3.63, 3.8) is 0 Å². The molecule has 0 saturated carbocycles. The van der Waals surface area contributed by atoms with Crippen molar-refractivity contribution in [2.45, 2.75) is 19.0 Å². The normalized spacial score (nSPS) is 17.6. The van der Waals surface area contributed by atoms with Crippen LogP contribution in [0, 0.1) is 0 Å². The lowest BCUT2D eigenvalue weighted by Crippen LogP contribution is -2.25. The minimum Gasteiger partial charge on any atom is -0.319 e. The Morgan fingerprint density at radius 1 is 0.909 bits per heavy atom. The van der Waals surface area contributed by atoms with Gasteiger partial charge in [0.25, 0.3) is 0 Å². The van der Waals surface area contributed by atoms with Gasteiger partial charge < -0.3 is 4.57 Å². The van der Waals surface area contributed by atoms with Gasteiger partial charge in [0.15, 0.2) is 0 Å². The number of fused-ring (bicyclic) bond motifs is 3. The molecule has 2 aromatic carbocycles. The lowest BCUT2D eigenvalue weighted by Gasteiger charge is -2.26. The van der Waals surface area contributed by atoms with Gasteiger partial charge in [0, 0.05) is 24.1 Å². The fourth-order valence-corrected chi connectivity index (χ4v) is 3.47. The van der Waals surface area contributed by atoms with E-state index in [4.69, 9.17) is 0 Å². The molecule has 2 nitrogen and oxygen atoms in total. The number of hydrogen-bond donors (Lipinski definition) is 0. The smallest absolute Gasteiger partial charge is 0.0544 e. The molecule has 0 bridgehead atoms. The van der Waals surface area contributed by atoms with Gasteiger partial charge in [-0.3, -0.25) is 4.90 Å². The third-order valence-electron chi connectivity index (χ3n) is 4.60. The van der Waals surface area contributed by atoms with Crippen LogP contribution in [-0.2, 0) is 13.0 Å². The minimum atomic E-state index is 0.393. The number of hydrogen-bond acceptors (Lipinski definition) is 1. The quantitative estimate of drug-likeness (QED) is 0.686. The van der Waals surface area contributed by atoms with Gasteiger partial charge in [-0.1, -0.05) is 48.5 Å². The van der Waals surface area contributed by atoms with Gasteiger partial charge in [-0.15, -0.1) is 0 Å². The maximum absolute atomic E-state index is 2.46. The molecule has 0 N–H and O–H groups in total. The number of likely N-dealkylation sites (N-methyl/N-ethyl adjacent to an activating group) is 1. The molecule has 1 atom stereocenters. The van der Waals surface area contributed by atoms with Gasteiger partial charge in [0.2, 0.25) is 0 Å². The Morgan fingerprint density at radius 3 is 2.55 bits per heavy atom. The van der Waals surface area contributed by atoms with Gasteiger partial charge >= 0.3 is 0 Å². The molecule has 2 heterocycles. The van der Waals surface area contributed by atoms with Crippen molar-refractivity contribution in [1.29, 1.82) is 0 Å². The predicted octanol–water partition coefficient (Wildman–Crippen LogP) is 4.21. The summed E-state index contributed by atoms with van der Waals surface area (Å²) in [6, 6.07) is 24.3. The van der Waals surface area contributed by atoms with Crippen LogP contribution in [0.5, 0.6) is 0 Å². The molecule has 1 aromatic heterocycles. The molecule has 0 amide bonds. The minimum absolute atomic E-state index is 0.393. The molecular formula is C20H20N2. The van der Waals surface area contributed by atoms with Crippen LogP contribution in [-0.4, -0.2) is 16.5 Å². The van der Waals surface area contributed by atoms with Gasteiger partial charge in [0.05, 0.1) is 6.04 Å². The van der Waals surface area contributed by atoms with Crippen molar-refractivity contribution >= 4 is 0 Å². The third-order valence-corrected chi connectivity index (χ3v) is 4.60. The summed E-state index contributed by atoms with van der Waals surface area (Å²) in [6.07, 6.45) is 3.22. The molecule has 1 unspecified atom stereocenters. The summed E-state index contributed by atoms with van der Waals surface area (Å²) < 4.78 is 2.35. The van der Waals surface area contributed by atoms with E-state index in [9.17, 15) is 0 Å². The fourth-order valence-electron chi connectivity index (χ4n) is 3.47. The first-order chi connectivity index (χ1) is 10.8. The molecular weight excluding hydrogens is 268 g/mol. The van der Waals surface area contributed by atoms with Crippen LogP contribution in [0.25, 0.3) is 5.69 Å². The average molecular weight is 288 g/mol. The average Bonchev–Trinajstić information content (AvgIpc) is 2.99. The van der Waals surface area contributed by atoms with Crippen molar-refractivity contribution in [1.82, 2.24) is 9.47 Å². The summed E-state index contributed by atoms with van der Waals surface area (Å²) in [4.78, 5) is 2.46. The zero-order valence-electron chi connectivity index (χ0n) is 12.8. The number of para-hydroxylation sites is 1. The van der Waals surface area contributed by atoms with Crippen LogP contribution in [0.1, 0.15) is 22.9 Å². The first-order valence-corrected chi connectivity index (χ1v) is 7.82. The van der Waals surface area contributed by atoms with E-state index in [1.54, 1.807) is 0 Å². The Labute approximate surface area is 131 Å². The van der Waals surface area contributed by atoms with E-state index in [0.29, 0.717) is 6.04 Å². The highest BCUT2D eigenvalue weighted by Gasteiger charge is 2.25. The molecule has 110 valence electrons. The van der Waals surface area contributed by atoms with E-state index in [1.165, 1.54) is 22.5 Å². The maximum atomic E-state index is 2.46. The highest BCUT2D eigenvalue weighted by molar-refractivity contribution is 5.45. The monoisotopic (exact) mass is 288 g/mol. The Morgan fingerprint density at radius 2 is 1.68 bits per heavy atom. The zero-order valence-corrected chi connectivity index (χ0v) is 12.8. The third kappa shape index (κ3) is 2.26. The standard InChI is InChI=1S/C20H20N2/c1-21-15-17-10-5-6-11-18(17)22-13-7-12-19(22)20(21)14-16-8-3-2-4-9-16/h2-13,20H,14-15H2,1H3. The molecule has 1 aliphatic rings. The predicted molar refractivity (Wildman–Crippen MR) is 90.1 cm³/mol. The second-order valence-corrected chi connectivity index (χ2v) is 6.05. The van der Waals surface area contributed by atoms with Crippen LogP contribution in [0.15, 0.2) is 72.9 Å². The SMILES string of the molecule is CN1Cc2ccccc2-n2cccc2C1Cc1ccccc1. The van der Waals surface area contributed by atoms with E-state index >= 15 is 0 Å². The molecule has 1 aliphatic heterocycles. The van der Waals surface area contributed by atoms with Crippen molar-refractivity contribution in [3.8, 4) is 5.69 Å². The Balaban J connectivity index is 1.79. The molecule has 2 heteroatoms. The second-order valence-electron chi connectivity index (χ2n) is 6.05. The largest absolute Gasteiger partial charge is 0.319 e. The zero-order chi connectivity index (χ0) is 14.9. The summed E-state index contributed by atoms with van der Waals surface area (Å²) in [5.74, 6) is 0. The van der Waals surface area contributed by atoms with Crippen molar-refractivity contribution in [3.05, 3.63) is 89.7 Å². The van der Waals surface area contributed by atoms with E-state index in [-0.39, 0.29) is 0 Å². The molecule has 22 heavy (non-hydrogen) atoms. The molecule has 0 spiro atoms. The van der Waals surface area contributed by atoms with Crippen LogP contribution < -0.4 is 0 Å².